The van der Waals surface area contributed by atoms with Crippen LogP contribution in [0.2, 0.25) is 0 Å². The number of ether oxygens (including phenoxy) is 1. The quantitative estimate of drug-likeness (QED) is 0.613. The second-order valence-electron chi connectivity index (χ2n) is 8.72. The number of Topliss-reactive ketones (excluding diaryl/α,β-unsaturated/α-hetero) is 1. The summed E-state index contributed by atoms with van der Waals surface area (Å²) in [6.45, 7) is 6.93. The molecule has 1 aromatic carbocycles. The SMILES string of the molecule is CC(=O)COC(Cn1c2c(c3cc(C)ccc31)C1CCCN1CC2)c1ccncc1. The predicted molar refractivity (Wildman–Crippen MR) is 118 cm³/mol. The van der Waals surface area contributed by atoms with E-state index in [0.29, 0.717) is 12.6 Å². The highest BCUT2D eigenvalue weighted by molar-refractivity contribution is 5.87. The first-order valence-corrected chi connectivity index (χ1v) is 11.0. The molecular weight excluding hydrogens is 374 g/mol. The minimum absolute atomic E-state index is 0.0469. The molecule has 0 aliphatic carbocycles. The first kappa shape index (κ1) is 19.5. The van der Waals surface area contributed by atoms with Crippen molar-refractivity contribution in [3.05, 3.63) is 65.1 Å². The monoisotopic (exact) mass is 403 g/mol. The van der Waals surface area contributed by atoms with E-state index in [0.717, 1.165) is 18.5 Å². The average molecular weight is 404 g/mol. The molecule has 2 unspecified atom stereocenters. The summed E-state index contributed by atoms with van der Waals surface area (Å²) < 4.78 is 8.57. The summed E-state index contributed by atoms with van der Waals surface area (Å²) in [5.74, 6) is 0.0469. The Hall–Kier alpha value is -2.50. The summed E-state index contributed by atoms with van der Waals surface area (Å²) >= 11 is 0. The van der Waals surface area contributed by atoms with Crippen molar-refractivity contribution in [2.75, 3.05) is 19.7 Å². The van der Waals surface area contributed by atoms with Gasteiger partial charge in [0.2, 0.25) is 0 Å². The van der Waals surface area contributed by atoms with Crippen LogP contribution in [0.4, 0.5) is 0 Å². The van der Waals surface area contributed by atoms with Gasteiger partial charge in [0.15, 0.2) is 5.78 Å². The highest BCUT2D eigenvalue weighted by atomic mass is 16.5. The standard InChI is InChI=1S/C25H29N3O2/c1-17-5-6-21-20(14-17)25-22-4-3-12-27(22)13-9-23(25)28(21)15-24(30-16-18(2)29)19-7-10-26-11-8-19/h5-8,10-11,14,22,24H,3-4,9,12-13,15-16H2,1-2H3. The van der Waals surface area contributed by atoms with Crippen LogP contribution in [0.3, 0.4) is 0 Å². The lowest BCUT2D eigenvalue weighted by molar-refractivity contribution is -0.123. The molecule has 156 valence electrons. The fourth-order valence-electron chi connectivity index (χ4n) is 5.28. The van der Waals surface area contributed by atoms with Crippen LogP contribution in [0.25, 0.3) is 10.9 Å². The molecule has 2 atom stereocenters. The zero-order valence-corrected chi connectivity index (χ0v) is 17.8. The molecule has 0 saturated carbocycles. The maximum Gasteiger partial charge on any atom is 0.155 e. The van der Waals surface area contributed by atoms with Crippen LogP contribution in [0.15, 0.2) is 42.7 Å². The Morgan fingerprint density at radius 2 is 2.07 bits per heavy atom. The Bertz CT molecular complexity index is 1070. The van der Waals surface area contributed by atoms with Crippen LogP contribution in [-0.2, 0) is 22.5 Å². The van der Waals surface area contributed by atoms with Gasteiger partial charge < -0.3 is 9.30 Å². The number of ketones is 1. The number of carbonyl (C=O) groups excluding carboxylic acids is 1. The lowest BCUT2D eigenvalue weighted by atomic mass is 9.95. The number of aromatic nitrogens is 2. The smallest absolute Gasteiger partial charge is 0.155 e. The summed E-state index contributed by atoms with van der Waals surface area (Å²) in [5.41, 5.74) is 6.62. The molecule has 0 amide bonds. The number of rotatable bonds is 6. The summed E-state index contributed by atoms with van der Waals surface area (Å²) in [6, 6.07) is 11.3. The van der Waals surface area contributed by atoms with Gasteiger partial charge in [0.1, 0.15) is 12.7 Å². The van der Waals surface area contributed by atoms with Crippen LogP contribution >= 0.6 is 0 Å². The van der Waals surface area contributed by atoms with Crippen molar-refractivity contribution >= 4 is 16.7 Å². The summed E-state index contributed by atoms with van der Waals surface area (Å²) in [5, 5.41) is 1.39. The highest BCUT2D eigenvalue weighted by Gasteiger charge is 2.35. The van der Waals surface area contributed by atoms with Gasteiger partial charge in [-0.2, -0.15) is 0 Å². The van der Waals surface area contributed by atoms with Crippen LogP contribution < -0.4 is 0 Å². The van der Waals surface area contributed by atoms with E-state index in [1.807, 2.05) is 12.1 Å². The van der Waals surface area contributed by atoms with Gasteiger partial charge in [-0.3, -0.25) is 14.7 Å². The largest absolute Gasteiger partial charge is 0.364 e. The normalized spacial score (nSPS) is 19.6. The van der Waals surface area contributed by atoms with Gasteiger partial charge in [-0.15, -0.1) is 0 Å². The predicted octanol–water partition coefficient (Wildman–Crippen LogP) is 4.38. The van der Waals surface area contributed by atoms with E-state index in [1.54, 1.807) is 19.3 Å². The van der Waals surface area contributed by atoms with Crippen LogP contribution in [0.1, 0.15) is 54.3 Å². The van der Waals surface area contributed by atoms with Gasteiger partial charge in [0.25, 0.3) is 0 Å². The lowest BCUT2D eigenvalue weighted by Gasteiger charge is -2.31. The van der Waals surface area contributed by atoms with E-state index in [-0.39, 0.29) is 18.5 Å². The molecule has 1 saturated heterocycles. The number of benzene rings is 1. The zero-order valence-electron chi connectivity index (χ0n) is 17.8. The number of fused-ring (bicyclic) bond motifs is 5. The molecule has 0 bridgehead atoms. The first-order chi connectivity index (χ1) is 14.6. The van der Waals surface area contributed by atoms with Crippen molar-refractivity contribution in [2.45, 2.75) is 51.8 Å². The number of aryl methyl sites for hydroxylation is 1. The van der Waals surface area contributed by atoms with E-state index < -0.39 is 0 Å². The van der Waals surface area contributed by atoms with Crippen LogP contribution in [0, 0.1) is 6.92 Å². The summed E-state index contributed by atoms with van der Waals surface area (Å²) in [6.07, 6.45) is 7.00. The van der Waals surface area contributed by atoms with Crippen molar-refractivity contribution in [1.82, 2.24) is 14.5 Å². The third-order valence-electron chi connectivity index (χ3n) is 6.62. The number of hydrogen-bond donors (Lipinski definition) is 0. The first-order valence-electron chi connectivity index (χ1n) is 11.0. The highest BCUT2D eigenvalue weighted by Crippen LogP contribution is 2.43. The zero-order chi connectivity index (χ0) is 20.7. The minimum atomic E-state index is -0.181. The van der Waals surface area contributed by atoms with Gasteiger partial charge >= 0.3 is 0 Å². The fourth-order valence-corrected chi connectivity index (χ4v) is 5.28. The second kappa shape index (κ2) is 7.97. The van der Waals surface area contributed by atoms with Gasteiger partial charge in [0, 0.05) is 48.0 Å². The van der Waals surface area contributed by atoms with E-state index >= 15 is 0 Å². The Morgan fingerprint density at radius 3 is 2.87 bits per heavy atom. The Kier molecular flexibility index (Phi) is 5.17. The fraction of sp³-hybridized carbons (Fsp3) is 0.440. The summed E-state index contributed by atoms with van der Waals surface area (Å²) in [4.78, 5) is 18.4. The maximum atomic E-state index is 11.6. The molecule has 5 nitrogen and oxygen atoms in total. The third kappa shape index (κ3) is 3.46. The van der Waals surface area contributed by atoms with Crippen molar-refractivity contribution < 1.29 is 9.53 Å². The molecule has 2 aliphatic rings. The second-order valence-corrected chi connectivity index (χ2v) is 8.72. The molecular formula is C25H29N3O2. The van der Waals surface area contributed by atoms with Crippen molar-refractivity contribution in [2.24, 2.45) is 0 Å². The number of carbonyl (C=O) groups is 1. The summed E-state index contributed by atoms with van der Waals surface area (Å²) in [7, 11) is 0. The third-order valence-corrected chi connectivity index (χ3v) is 6.62. The Balaban J connectivity index is 1.60. The van der Waals surface area contributed by atoms with Crippen molar-refractivity contribution in [3.8, 4) is 0 Å². The molecule has 4 heterocycles. The van der Waals surface area contributed by atoms with E-state index in [2.05, 4.69) is 39.6 Å². The van der Waals surface area contributed by atoms with Gasteiger partial charge in [-0.05, 0) is 68.6 Å². The molecule has 30 heavy (non-hydrogen) atoms. The maximum absolute atomic E-state index is 11.6. The molecule has 0 N–H and O–H groups in total. The van der Waals surface area contributed by atoms with Crippen LogP contribution in [0.5, 0.6) is 0 Å². The number of pyridine rings is 1. The number of hydrogen-bond acceptors (Lipinski definition) is 4. The van der Waals surface area contributed by atoms with E-state index in [9.17, 15) is 4.79 Å². The van der Waals surface area contributed by atoms with Gasteiger partial charge in [-0.25, -0.2) is 0 Å². The molecule has 1 fully saturated rings. The molecule has 0 radical (unpaired) electrons. The van der Waals surface area contributed by atoms with Gasteiger partial charge in [-0.1, -0.05) is 11.6 Å². The Morgan fingerprint density at radius 1 is 1.23 bits per heavy atom. The topological polar surface area (TPSA) is 47.4 Å². The lowest BCUT2D eigenvalue weighted by Crippen LogP contribution is -2.31. The minimum Gasteiger partial charge on any atom is -0.364 e. The van der Waals surface area contributed by atoms with E-state index in [4.69, 9.17) is 4.74 Å². The molecule has 3 aromatic rings. The molecule has 2 aliphatic heterocycles. The number of nitrogens with zero attached hydrogens (tertiary/aromatic N) is 3. The van der Waals surface area contributed by atoms with Crippen molar-refractivity contribution in [3.63, 3.8) is 0 Å². The average Bonchev–Trinajstić information content (AvgIpc) is 3.34. The van der Waals surface area contributed by atoms with E-state index in [1.165, 1.54) is 47.1 Å². The molecule has 5 rings (SSSR count). The molecule has 5 heteroatoms. The Labute approximate surface area is 177 Å². The van der Waals surface area contributed by atoms with Crippen LogP contribution in [-0.4, -0.2) is 39.9 Å². The van der Waals surface area contributed by atoms with Gasteiger partial charge in [0.05, 0.1) is 6.54 Å². The van der Waals surface area contributed by atoms with Crippen molar-refractivity contribution in [1.29, 1.82) is 0 Å². The molecule has 2 aromatic heterocycles. The molecule has 0 spiro atoms.